The number of aliphatic hydroxyl groups is 2. The summed E-state index contributed by atoms with van der Waals surface area (Å²) in [6.07, 6.45) is 3.48. The number of hydrogen-bond donors (Lipinski definition) is 4. The zero-order valence-electron chi connectivity index (χ0n) is 21.7. The fraction of sp³-hybridized carbons (Fsp3) is 0.393. The van der Waals surface area contributed by atoms with Gasteiger partial charge in [0, 0.05) is 36.6 Å². The van der Waals surface area contributed by atoms with E-state index in [-0.39, 0.29) is 36.7 Å². The molecule has 0 saturated heterocycles. The number of nitrogens with zero attached hydrogens (tertiary/aromatic N) is 5. The van der Waals surface area contributed by atoms with Crippen molar-refractivity contribution >= 4 is 33.3 Å². The summed E-state index contributed by atoms with van der Waals surface area (Å²) in [6, 6.07) is 7.61. The molecule has 6 rings (SSSR count). The quantitative estimate of drug-likeness (QED) is 0.218. The lowest BCUT2D eigenvalue weighted by molar-refractivity contribution is -0.0466. The molecule has 0 amide bonds. The predicted molar refractivity (Wildman–Crippen MR) is 146 cm³/mol. The van der Waals surface area contributed by atoms with Crippen LogP contribution in [0.1, 0.15) is 55.0 Å². The molecule has 0 aliphatic heterocycles. The summed E-state index contributed by atoms with van der Waals surface area (Å²) in [5, 5.41) is 38.0. The van der Waals surface area contributed by atoms with Crippen molar-refractivity contribution in [3.63, 3.8) is 0 Å². The summed E-state index contributed by atoms with van der Waals surface area (Å²) in [5.74, 6) is -1.10. The van der Waals surface area contributed by atoms with E-state index < -0.39 is 29.4 Å². The number of aliphatic hydroxyl groups excluding tert-OH is 1. The van der Waals surface area contributed by atoms with E-state index in [9.17, 15) is 19.0 Å². The average molecular weight is 564 g/mol. The lowest BCUT2D eigenvalue weighted by Gasteiger charge is -2.31. The van der Waals surface area contributed by atoms with Crippen molar-refractivity contribution in [2.24, 2.45) is 5.92 Å². The van der Waals surface area contributed by atoms with Gasteiger partial charge in [0.2, 0.25) is 5.95 Å². The summed E-state index contributed by atoms with van der Waals surface area (Å²) in [5.41, 5.74) is 0.929. The van der Waals surface area contributed by atoms with Gasteiger partial charge in [-0.05, 0) is 50.8 Å². The Morgan fingerprint density at radius 2 is 1.93 bits per heavy atom. The molecule has 0 radical (unpaired) electrons. The maximum atomic E-state index is 14.2. The SMILES string of the molecule is Cc1nc(NCc2c(F)cccc2F)nc(N[C@@]2(O)CC[C@H](CC#N)[C@H]2O)c1-c1nc2c(C3CC3)nccc2s1. The maximum absolute atomic E-state index is 14.2. The van der Waals surface area contributed by atoms with Crippen LogP contribution in [0.3, 0.4) is 0 Å². The minimum Gasteiger partial charge on any atom is -0.388 e. The van der Waals surface area contributed by atoms with Gasteiger partial charge in [0.15, 0.2) is 5.72 Å². The molecular formula is C28H27F2N7O2S. The van der Waals surface area contributed by atoms with E-state index in [0.717, 1.165) is 28.8 Å². The number of nitriles is 1. The lowest BCUT2D eigenvalue weighted by Crippen LogP contribution is -2.47. The number of fused-ring (bicyclic) bond motifs is 1. The molecule has 0 bridgehead atoms. The van der Waals surface area contributed by atoms with Crippen molar-refractivity contribution in [1.29, 1.82) is 5.26 Å². The van der Waals surface area contributed by atoms with Gasteiger partial charge < -0.3 is 20.8 Å². The Labute approximate surface area is 233 Å². The normalized spacial score (nSPS) is 22.4. The highest BCUT2D eigenvalue weighted by Crippen LogP contribution is 2.45. The number of hydrogen-bond acceptors (Lipinski definition) is 10. The van der Waals surface area contributed by atoms with Crippen LogP contribution in [0.15, 0.2) is 30.5 Å². The summed E-state index contributed by atoms with van der Waals surface area (Å²) in [7, 11) is 0. The van der Waals surface area contributed by atoms with Crippen LogP contribution in [-0.4, -0.2) is 42.0 Å². The number of halogens is 2. The van der Waals surface area contributed by atoms with E-state index >= 15 is 0 Å². The molecule has 3 atom stereocenters. The van der Waals surface area contributed by atoms with Crippen LogP contribution in [0.4, 0.5) is 20.5 Å². The molecule has 0 unspecified atom stereocenters. The number of aromatic nitrogens is 4. The largest absolute Gasteiger partial charge is 0.388 e. The van der Waals surface area contributed by atoms with E-state index in [1.165, 1.54) is 29.5 Å². The van der Waals surface area contributed by atoms with Gasteiger partial charge in [0.05, 0.1) is 27.7 Å². The van der Waals surface area contributed by atoms with Gasteiger partial charge in [0.1, 0.15) is 34.1 Å². The van der Waals surface area contributed by atoms with Crippen LogP contribution in [-0.2, 0) is 6.54 Å². The van der Waals surface area contributed by atoms with E-state index in [0.29, 0.717) is 28.6 Å². The first-order valence-corrected chi connectivity index (χ1v) is 14.0. The molecule has 40 heavy (non-hydrogen) atoms. The van der Waals surface area contributed by atoms with Crippen LogP contribution in [0.5, 0.6) is 0 Å². The number of rotatable bonds is 8. The second-order valence-corrected chi connectivity index (χ2v) is 11.4. The van der Waals surface area contributed by atoms with E-state index in [1.54, 1.807) is 13.1 Å². The van der Waals surface area contributed by atoms with Gasteiger partial charge in [-0.1, -0.05) is 6.07 Å². The zero-order chi connectivity index (χ0) is 28.0. The molecule has 2 saturated carbocycles. The van der Waals surface area contributed by atoms with Crippen molar-refractivity contribution in [2.75, 3.05) is 10.6 Å². The monoisotopic (exact) mass is 563 g/mol. The van der Waals surface area contributed by atoms with Crippen LogP contribution in [0.25, 0.3) is 20.8 Å². The third kappa shape index (κ3) is 4.85. The molecule has 2 fully saturated rings. The van der Waals surface area contributed by atoms with Crippen molar-refractivity contribution in [3.05, 3.63) is 59.0 Å². The fourth-order valence-electron chi connectivity index (χ4n) is 5.28. The number of aryl methyl sites for hydroxylation is 1. The zero-order valence-corrected chi connectivity index (χ0v) is 22.5. The molecule has 3 aromatic heterocycles. The van der Waals surface area contributed by atoms with Crippen LogP contribution >= 0.6 is 11.3 Å². The van der Waals surface area contributed by atoms with Gasteiger partial charge >= 0.3 is 0 Å². The van der Waals surface area contributed by atoms with E-state index in [4.69, 9.17) is 10.2 Å². The van der Waals surface area contributed by atoms with Crippen molar-refractivity contribution in [3.8, 4) is 16.6 Å². The first-order valence-electron chi connectivity index (χ1n) is 13.1. The second kappa shape index (κ2) is 10.3. The average Bonchev–Trinajstić information content (AvgIpc) is 3.62. The summed E-state index contributed by atoms with van der Waals surface area (Å²) < 4.78 is 29.4. The Bertz CT molecular complexity index is 1620. The third-order valence-electron chi connectivity index (χ3n) is 7.61. The van der Waals surface area contributed by atoms with Gasteiger partial charge in [-0.3, -0.25) is 4.98 Å². The minimum atomic E-state index is -1.75. The Kier molecular flexibility index (Phi) is 6.82. The van der Waals surface area contributed by atoms with Crippen molar-refractivity contribution in [2.45, 2.75) is 63.3 Å². The summed E-state index contributed by atoms with van der Waals surface area (Å²) >= 11 is 1.45. The lowest BCUT2D eigenvalue weighted by atomic mass is 10.00. The summed E-state index contributed by atoms with van der Waals surface area (Å²) in [4.78, 5) is 18.6. The Hall–Kier alpha value is -3.79. The van der Waals surface area contributed by atoms with Crippen molar-refractivity contribution in [1.82, 2.24) is 19.9 Å². The highest BCUT2D eigenvalue weighted by molar-refractivity contribution is 7.21. The molecule has 0 spiro atoms. The Morgan fingerprint density at radius 3 is 2.65 bits per heavy atom. The van der Waals surface area contributed by atoms with Crippen LogP contribution in [0.2, 0.25) is 0 Å². The Balaban J connectivity index is 1.41. The second-order valence-electron chi connectivity index (χ2n) is 10.4. The number of benzene rings is 1. The highest BCUT2D eigenvalue weighted by Gasteiger charge is 2.47. The van der Waals surface area contributed by atoms with E-state index in [1.807, 2.05) is 6.07 Å². The van der Waals surface area contributed by atoms with Crippen LogP contribution < -0.4 is 10.6 Å². The molecular weight excluding hydrogens is 536 g/mol. The van der Waals surface area contributed by atoms with Crippen molar-refractivity contribution < 1.29 is 19.0 Å². The molecule has 2 aliphatic rings. The molecule has 3 heterocycles. The molecule has 1 aromatic carbocycles. The molecule has 12 heteroatoms. The molecule has 9 nitrogen and oxygen atoms in total. The smallest absolute Gasteiger partial charge is 0.225 e. The van der Waals surface area contributed by atoms with Gasteiger partial charge in [-0.2, -0.15) is 10.2 Å². The number of nitrogens with one attached hydrogen (secondary N) is 2. The highest BCUT2D eigenvalue weighted by atomic mass is 32.1. The first kappa shape index (κ1) is 26.4. The van der Waals surface area contributed by atoms with Gasteiger partial charge in [0.25, 0.3) is 0 Å². The Morgan fingerprint density at radius 1 is 1.15 bits per heavy atom. The summed E-state index contributed by atoms with van der Waals surface area (Å²) in [6.45, 7) is 1.56. The van der Waals surface area contributed by atoms with Gasteiger partial charge in [-0.25, -0.2) is 18.7 Å². The first-order chi connectivity index (χ1) is 19.3. The molecule has 4 N–H and O–H groups in total. The minimum absolute atomic E-state index is 0.0810. The number of anilines is 2. The third-order valence-corrected chi connectivity index (χ3v) is 8.65. The molecule has 4 aromatic rings. The fourth-order valence-corrected chi connectivity index (χ4v) is 6.35. The topological polar surface area (TPSA) is 140 Å². The van der Waals surface area contributed by atoms with E-state index in [2.05, 4.69) is 31.7 Å². The number of pyridine rings is 1. The maximum Gasteiger partial charge on any atom is 0.225 e. The predicted octanol–water partition coefficient (Wildman–Crippen LogP) is 5.01. The standard InChI is InChI=1S/C28H27F2N7O2S/c1-14-21(26-35-23-20(40-26)9-12-32-22(23)15-5-6-15)25(37-28(39)10-7-16(8-11-31)24(28)38)36-27(34-14)33-13-17-18(29)3-2-4-19(17)30/h2-4,9,12,15-16,24,38-39H,5-8,10,13H2,1H3,(H2,33,34,36,37)/t16-,24-,28-/m1/s1. The molecule has 206 valence electrons. The van der Waals surface area contributed by atoms with Crippen LogP contribution in [0, 0.1) is 35.8 Å². The molecule has 2 aliphatic carbocycles. The van der Waals surface area contributed by atoms with Gasteiger partial charge in [-0.15, -0.1) is 11.3 Å². The number of thiazole rings is 1.